The SMILES string of the molecule is CC[C@@H](C)CN(CC(=O)N1CCc2sccc2[C@@H]1COc1cccc(F)c1)C(=O)NC(C)C. The van der Waals surface area contributed by atoms with Gasteiger partial charge in [0.05, 0.1) is 6.04 Å². The first-order valence-corrected chi connectivity index (χ1v) is 12.5. The van der Waals surface area contributed by atoms with E-state index in [9.17, 15) is 14.0 Å². The minimum Gasteiger partial charge on any atom is -0.491 e. The number of nitrogens with zero attached hydrogens (tertiary/aromatic N) is 2. The van der Waals surface area contributed by atoms with E-state index in [4.69, 9.17) is 4.74 Å². The van der Waals surface area contributed by atoms with Crippen LogP contribution in [0.5, 0.6) is 5.75 Å². The van der Waals surface area contributed by atoms with E-state index in [1.54, 1.807) is 33.3 Å². The fourth-order valence-corrected chi connectivity index (χ4v) is 4.85. The van der Waals surface area contributed by atoms with E-state index in [1.807, 2.05) is 25.3 Å². The lowest BCUT2D eigenvalue weighted by atomic mass is 10.00. The fourth-order valence-electron chi connectivity index (χ4n) is 3.92. The molecule has 0 saturated carbocycles. The average molecular weight is 476 g/mol. The van der Waals surface area contributed by atoms with Gasteiger partial charge in [0, 0.05) is 30.1 Å². The average Bonchev–Trinajstić information content (AvgIpc) is 3.25. The van der Waals surface area contributed by atoms with Gasteiger partial charge in [-0.3, -0.25) is 4.79 Å². The van der Waals surface area contributed by atoms with Crippen molar-refractivity contribution in [3.63, 3.8) is 0 Å². The first-order valence-electron chi connectivity index (χ1n) is 11.6. The van der Waals surface area contributed by atoms with Gasteiger partial charge in [-0.05, 0) is 55.3 Å². The number of halogens is 1. The summed E-state index contributed by atoms with van der Waals surface area (Å²) >= 11 is 1.68. The third-order valence-electron chi connectivity index (χ3n) is 5.87. The van der Waals surface area contributed by atoms with Gasteiger partial charge < -0.3 is 19.9 Å². The van der Waals surface area contributed by atoms with Gasteiger partial charge in [-0.1, -0.05) is 26.3 Å². The second-order valence-electron chi connectivity index (χ2n) is 8.92. The fraction of sp³-hybridized carbons (Fsp3) is 0.520. The number of amides is 3. The molecule has 0 radical (unpaired) electrons. The molecular weight excluding hydrogens is 441 g/mol. The van der Waals surface area contributed by atoms with Gasteiger partial charge in [0.25, 0.3) is 0 Å². The number of hydrogen-bond acceptors (Lipinski definition) is 4. The minimum absolute atomic E-state index is 0.0113. The van der Waals surface area contributed by atoms with Gasteiger partial charge in [-0.15, -0.1) is 11.3 Å². The molecule has 1 aliphatic rings. The normalized spacial score (nSPS) is 16.3. The summed E-state index contributed by atoms with van der Waals surface area (Å²) < 4.78 is 19.5. The maximum absolute atomic E-state index is 13.6. The molecule has 0 saturated heterocycles. The molecule has 0 bridgehead atoms. The van der Waals surface area contributed by atoms with Crippen molar-refractivity contribution in [3.8, 4) is 5.75 Å². The Bertz CT molecular complexity index is 948. The number of ether oxygens (including phenoxy) is 1. The number of thiophene rings is 1. The molecule has 0 unspecified atom stereocenters. The van der Waals surface area contributed by atoms with Crippen LogP contribution in [0.2, 0.25) is 0 Å². The zero-order valence-electron chi connectivity index (χ0n) is 19.8. The van der Waals surface area contributed by atoms with Gasteiger partial charge >= 0.3 is 6.03 Å². The van der Waals surface area contributed by atoms with Crippen LogP contribution in [-0.4, -0.2) is 54.0 Å². The van der Waals surface area contributed by atoms with E-state index in [-0.39, 0.29) is 48.9 Å². The van der Waals surface area contributed by atoms with E-state index in [2.05, 4.69) is 19.2 Å². The van der Waals surface area contributed by atoms with Crippen molar-refractivity contribution in [3.05, 3.63) is 52.0 Å². The smallest absolute Gasteiger partial charge is 0.318 e. The number of carbonyl (C=O) groups excluding carboxylic acids is 2. The number of benzene rings is 1. The Hall–Kier alpha value is -2.61. The van der Waals surface area contributed by atoms with E-state index in [1.165, 1.54) is 17.0 Å². The molecule has 2 heterocycles. The summed E-state index contributed by atoms with van der Waals surface area (Å²) in [6.45, 7) is 9.28. The molecule has 8 heteroatoms. The Morgan fingerprint density at radius 1 is 1.30 bits per heavy atom. The number of urea groups is 1. The van der Waals surface area contributed by atoms with Crippen molar-refractivity contribution in [1.29, 1.82) is 0 Å². The Labute approximate surface area is 199 Å². The van der Waals surface area contributed by atoms with E-state index in [0.29, 0.717) is 18.8 Å². The lowest BCUT2D eigenvalue weighted by molar-refractivity contribution is -0.135. The van der Waals surface area contributed by atoms with Crippen molar-refractivity contribution in [2.24, 2.45) is 5.92 Å². The van der Waals surface area contributed by atoms with Crippen LogP contribution in [0.25, 0.3) is 0 Å². The van der Waals surface area contributed by atoms with Gasteiger partial charge in [-0.2, -0.15) is 0 Å². The van der Waals surface area contributed by atoms with Gasteiger partial charge in [0.2, 0.25) is 5.91 Å². The second-order valence-corrected chi connectivity index (χ2v) is 9.92. The van der Waals surface area contributed by atoms with Crippen LogP contribution in [0.3, 0.4) is 0 Å². The highest BCUT2D eigenvalue weighted by Crippen LogP contribution is 2.34. The summed E-state index contributed by atoms with van der Waals surface area (Å²) in [5.41, 5.74) is 1.07. The summed E-state index contributed by atoms with van der Waals surface area (Å²) in [4.78, 5) is 30.9. The second kappa shape index (κ2) is 11.5. The molecule has 3 amide bonds. The van der Waals surface area contributed by atoms with Gasteiger partial charge in [0.1, 0.15) is 24.7 Å². The van der Waals surface area contributed by atoms with Crippen molar-refractivity contribution < 1.29 is 18.7 Å². The molecule has 2 aromatic rings. The molecule has 0 aliphatic carbocycles. The summed E-state index contributed by atoms with van der Waals surface area (Å²) in [7, 11) is 0. The molecule has 0 spiro atoms. The highest BCUT2D eigenvalue weighted by atomic mass is 32.1. The maximum atomic E-state index is 13.6. The molecule has 3 rings (SSSR count). The van der Waals surface area contributed by atoms with Crippen LogP contribution >= 0.6 is 11.3 Å². The molecule has 1 aliphatic heterocycles. The zero-order valence-corrected chi connectivity index (χ0v) is 20.7. The number of nitrogens with one attached hydrogen (secondary N) is 1. The number of fused-ring (bicyclic) bond motifs is 1. The van der Waals surface area contributed by atoms with Crippen molar-refractivity contribution >= 4 is 23.3 Å². The van der Waals surface area contributed by atoms with Crippen LogP contribution in [0.4, 0.5) is 9.18 Å². The Kier molecular flexibility index (Phi) is 8.72. The first kappa shape index (κ1) is 25.0. The molecular formula is C25H34FN3O3S. The van der Waals surface area contributed by atoms with E-state index in [0.717, 1.165) is 18.4 Å². The number of rotatable bonds is 9. The molecule has 0 fully saturated rings. The molecule has 2 atom stereocenters. The maximum Gasteiger partial charge on any atom is 0.318 e. The Balaban J connectivity index is 1.77. The monoisotopic (exact) mass is 475 g/mol. The van der Waals surface area contributed by atoms with E-state index >= 15 is 0 Å². The van der Waals surface area contributed by atoms with Crippen molar-refractivity contribution in [2.75, 3.05) is 26.2 Å². The largest absolute Gasteiger partial charge is 0.491 e. The van der Waals surface area contributed by atoms with E-state index < -0.39 is 0 Å². The van der Waals surface area contributed by atoms with Crippen LogP contribution in [0.1, 0.15) is 50.6 Å². The molecule has 180 valence electrons. The minimum atomic E-state index is -0.364. The first-order chi connectivity index (χ1) is 15.8. The van der Waals surface area contributed by atoms with Gasteiger partial charge in [-0.25, -0.2) is 9.18 Å². The van der Waals surface area contributed by atoms with Crippen molar-refractivity contribution in [2.45, 2.75) is 52.6 Å². The highest BCUT2D eigenvalue weighted by molar-refractivity contribution is 7.10. The standard InChI is InChI=1S/C25H34FN3O3S/c1-5-18(4)14-28(25(31)27-17(2)3)15-24(30)29-11-9-23-21(10-12-33-23)22(29)16-32-20-8-6-7-19(26)13-20/h6-8,10,12-13,17-18,22H,5,9,11,14-16H2,1-4H3,(H,27,31)/t18-,22+/m1/s1. The highest BCUT2D eigenvalue weighted by Gasteiger charge is 2.33. The predicted molar refractivity (Wildman–Crippen MR) is 129 cm³/mol. The van der Waals surface area contributed by atoms with Gasteiger partial charge in [0.15, 0.2) is 0 Å². The van der Waals surface area contributed by atoms with Crippen LogP contribution < -0.4 is 10.1 Å². The molecule has 1 aromatic carbocycles. The van der Waals surface area contributed by atoms with Crippen LogP contribution in [0.15, 0.2) is 35.7 Å². The Morgan fingerprint density at radius 3 is 2.79 bits per heavy atom. The number of carbonyl (C=O) groups is 2. The molecule has 33 heavy (non-hydrogen) atoms. The third-order valence-corrected chi connectivity index (χ3v) is 6.87. The quantitative estimate of drug-likeness (QED) is 0.564. The summed E-state index contributed by atoms with van der Waals surface area (Å²) in [6, 6.07) is 7.53. The lowest BCUT2D eigenvalue weighted by Crippen LogP contribution is -2.51. The topological polar surface area (TPSA) is 61.9 Å². The zero-order chi connectivity index (χ0) is 24.0. The third kappa shape index (κ3) is 6.69. The number of hydrogen-bond donors (Lipinski definition) is 1. The summed E-state index contributed by atoms with van der Waals surface area (Å²) in [5, 5.41) is 4.94. The summed E-state index contributed by atoms with van der Waals surface area (Å²) in [5.74, 6) is 0.242. The van der Waals surface area contributed by atoms with Crippen LogP contribution in [-0.2, 0) is 11.2 Å². The Morgan fingerprint density at radius 2 is 2.09 bits per heavy atom. The summed E-state index contributed by atoms with van der Waals surface area (Å²) in [6.07, 6.45) is 1.70. The molecule has 6 nitrogen and oxygen atoms in total. The van der Waals surface area contributed by atoms with Crippen molar-refractivity contribution in [1.82, 2.24) is 15.1 Å². The van der Waals surface area contributed by atoms with Crippen LogP contribution in [0, 0.1) is 11.7 Å². The lowest BCUT2D eigenvalue weighted by Gasteiger charge is -2.37. The molecule has 1 aromatic heterocycles. The molecule has 1 N–H and O–H groups in total. The predicted octanol–water partition coefficient (Wildman–Crippen LogP) is 4.86.